The molecule has 1 amide bonds. The van der Waals surface area contributed by atoms with E-state index in [-0.39, 0.29) is 17.3 Å². The molecular formula is C16H12F2N4O2. The molecule has 0 bridgehead atoms. The highest BCUT2D eigenvalue weighted by Crippen LogP contribution is 2.18. The summed E-state index contributed by atoms with van der Waals surface area (Å²) in [6.07, 6.45) is 0. The number of carbonyl (C=O) groups excluding carboxylic acids is 1. The van der Waals surface area contributed by atoms with Crippen molar-refractivity contribution in [1.29, 1.82) is 0 Å². The third-order valence-corrected chi connectivity index (χ3v) is 3.08. The van der Waals surface area contributed by atoms with Crippen LogP contribution in [0.25, 0.3) is 11.4 Å². The summed E-state index contributed by atoms with van der Waals surface area (Å²) < 4.78 is 28.7. The Hall–Kier alpha value is -3.29. The summed E-state index contributed by atoms with van der Waals surface area (Å²) in [7, 11) is 0. The maximum absolute atomic E-state index is 12.2. The molecule has 0 unspecified atom stereocenters. The highest BCUT2D eigenvalue weighted by atomic mass is 19.3. The number of nitrogens with zero attached hydrogens (tertiary/aromatic N) is 2. The minimum atomic E-state index is -2.95. The van der Waals surface area contributed by atoms with Crippen LogP contribution in [-0.2, 0) is 0 Å². The highest BCUT2D eigenvalue weighted by Gasteiger charge is 2.12. The Morgan fingerprint density at radius 3 is 2.67 bits per heavy atom. The summed E-state index contributed by atoms with van der Waals surface area (Å²) in [4.78, 5) is 16.3. The van der Waals surface area contributed by atoms with Crippen LogP contribution in [0.4, 0.5) is 14.7 Å². The first-order valence-electron chi connectivity index (χ1n) is 6.96. The maximum Gasteiger partial charge on any atom is 0.387 e. The van der Waals surface area contributed by atoms with E-state index in [0.29, 0.717) is 5.82 Å². The van der Waals surface area contributed by atoms with Gasteiger partial charge in [0.15, 0.2) is 5.82 Å². The van der Waals surface area contributed by atoms with Gasteiger partial charge in [-0.15, -0.1) is 5.10 Å². The van der Waals surface area contributed by atoms with Crippen LogP contribution in [0.2, 0.25) is 0 Å². The van der Waals surface area contributed by atoms with Gasteiger partial charge in [0.05, 0.1) is 0 Å². The van der Waals surface area contributed by atoms with Gasteiger partial charge in [0, 0.05) is 11.1 Å². The number of rotatable bonds is 5. The van der Waals surface area contributed by atoms with E-state index in [1.807, 2.05) is 30.3 Å². The zero-order chi connectivity index (χ0) is 16.9. The van der Waals surface area contributed by atoms with Gasteiger partial charge in [-0.05, 0) is 18.2 Å². The molecule has 0 fully saturated rings. The lowest BCUT2D eigenvalue weighted by molar-refractivity contribution is -0.0498. The molecule has 0 spiro atoms. The lowest BCUT2D eigenvalue weighted by Crippen LogP contribution is -2.13. The number of benzene rings is 2. The monoisotopic (exact) mass is 330 g/mol. The SMILES string of the molecule is O=C(Nc1n[nH]c(-c2ccccc2)n1)c1cccc(OC(F)F)c1. The largest absolute Gasteiger partial charge is 0.435 e. The summed E-state index contributed by atoms with van der Waals surface area (Å²) in [5.41, 5.74) is 0.969. The van der Waals surface area contributed by atoms with Crippen LogP contribution in [0, 0.1) is 0 Å². The van der Waals surface area contributed by atoms with Crippen molar-refractivity contribution in [2.75, 3.05) is 5.32 Å². The molecule has 8 heteroatoms. The number of aromatic nitrogens is 3. The summed E-state index contributed by atoms with van der Waals surface area (Å²) in [5, 5.41) is 9.12. The number of ether oxygens (including phenoxy) is 1. The molecule has 0 saturated carbocycles. The van der Waals surface area contributed by atoms with Gasteiger partial charge in [0.25, 0.3) is 5.91 Å². The van der Waals surface area contributed by atoms with Crippen molar-refractivity contribution >= 4 is 11.9 Å². The van der Waals surface area contributed by atoms with Crippen LogP contribution < -0.4 is 10.1 Å². The van der Waals surface area contributed by atoms with Crippen molar-refractivity contribution in [2.24, 2.45) is 0 Å². The van der Waals surface area contributed by atoms with Gasteiger partial charge >= 0.3 is 6.61 Å². The van der Waals surface area contributed by atoms with E-state index in [2.05, 4.69) is 25.2 Å². The minimum Gasteiger partial charge on any atom is -0.435 e. The van der Waals surface area contributed by atoms with Gasteiger partial charge in [-0.2, -0.15) is 13.8 Å². The third-order valence-electron chi connectivity index (χ3n) is 3.08. The first kappa shape index (κ1) is 15.6. The van der Waals surface area contributed by atoms with Gasteiger partial charge < -0.3 is 4.74 Å². The second-order valence-electron chi connectivity index (χ2n) is 4.73. The van der Waals surface area contributed by atoms with Crippen molar-refractivity contribution in [3.8, 4) is 17.1 Å². The number of halogens is 2. The van der Waals surface area contributed by atoms with Gasteiger partial charge in [0.1, 0.15) is 5.75 Å². The predicted molar refractivity (Wildman–Crippen MR) is 82.8 cm³/mol. The minimum absolute atomic E-state index is 0.0824. The summed E-state index contributed by atoms with van der Waals surface area (Å²) in [5.74, 6) is -0.0503. The number of anilines is 1. The Kier molecular flexibility index (Phi) is 4.46. The highest BCUT2D eigenvalue weighted by molar-refractivity contribution is 6.03. The Bertz CT molecular complexity index is 837. The first-order chi connectivity index (χ1) is 11.6. The van der Waals surface area contributed by atoms with Crippen LogP contribution >= 0.6 is 0 Å². The Labute approximate surface area is 135 Å². The lowest BCUT2D eigenvalue weighted by atomic mass is 10.2. The van der Waals surface area contributed by atoms with E-state index in [9.17, 15) is 13.6 Å². The molecule has 3 aromatic rings. The van der Waals surface area contributed by atoms with Crippen molar-refractivity contribution in [2.45, 2.75) is 6.61 Å². The molecule has 1 aromatic heterocycles. The number of alkyl halides is 2. The van der Waals surface area contributed by atoms with Crippen molar-refractivity contribution in [3.63, 3.8) is 0 Å². The fraction of sp³-hybridized carbons (Fsp3) is 0.0625. The number of carbonyl (C=O) groups is 1. The maximum atomic E-state index is 12.2. The van der Waals surface area contributed by atoms with E-state index in [4.69, 9.17) is 0 Å². The molecule has 2 aromatic carbocycles. The fourth-order valence-electron chi connectivity index (χ4n) is 2.03. The number of nitrogens with one attached hydrogen (secondary N) is 2. The molecule has 2 N–H and O–H groups in total. The Balaban J connectivity index is 1.72. The van der Waals surface area contributed by atoms with Gasteiger partial charge in [-0.25, -0.2) is 0 Å². The molecule has 0 aliphatic carbocycles. The molecule has 122 valence electrons. The Morgan fingerprint density at radius 1 is 1.12 bits per heavy atom. The van der Waals surface area contributed by atoms with E-state index in [0.717, 1.165) is 5.56 Å². The average Bonchev–Trinajstić information content (AvgIpc) is 3.04. The van der Waals surface area contributed by atoms with Gasteiger partial charge in [0.2, 0.25) is 5.95 Å². The molecule has 6 nitrogen and oxygen atoms in total. The molecular weight excluding hydrogens is 318 g/mol. The van der Waals surface area contributed by atoms with Crippen molar-refractivity contribution in [3.05, 3.63) is 60.2 Å². The van der Waals surface area contributed by atoms with E-state index in [1.54, 1.807) is 0 Å². The van der Waals surface area contributed by atoms with Crippen LogP contribution in [0.3, 0.4) is 0 Å². The van der Waals surface area contributed by atoms with E-state index >= 15 is 0 Å². The zero-order valence-corrected chi connectivity index (χ0v) is 12.2. The number of H-pyrrole nitrogens is 1. The fourth-order valence-corrected chi connectivity index (χ4v) is 2.03. The molecule has 0 aliphatic heterocycles. The first-order valence-corrected chi connectivity index (χ1v) is 6.96. The molecule has 24 heavy (non-hydrogen) atoms. The van der Waals surface area contributed by atoms with Gasteiger partial charge in [-0.3, -0.25) is 15.2 Å². The van der Waals surface area contributed by atoms with Gasteiger partial charge in [-0.1, -0.05) is 36.4 Å². The second-order valence-corrected chi connectivity index (χ2v) is 4.73. The van der Waals surface area contributed by atoms with Crippen LogP contribution in [-0.4, -0.2) is 27.7 Å². The van der Waals surface area contributed by atoms with Crippen molar-refractivity contribution in [1.82, 2.24) is 15.2 Å². The standard InChI is InChI=1S/C16H12F2N4O2/c17-15(18)24-12-8-4-7-11(9-12)14(23)20-16-19-13(21-22-16)10-5-2-1-3-6-10/h1-9,15H,(H2,19,20,21,22,23). The summed E-state index contributed by atoms with van der Waals surface area (Å²) in [6, 6.07) is 14.7. The normalized spacial score (nSPS) is 10.6. The molecule has 1 heterocycles. The van der Waals surface area contributed by atoms with Crippen LogP contribution in [0.5, 0.6) is 5.75 Å². The second kappa shape index (κ2) is 6.86. The molecule has 0 aliphatic rings. The van der Waals surface area contributed by atoms with Crippen molar-refractivity contribution < 1.29 is 18.3 Å². The number of hydrogen-bond acceptors (Lipinski definition) is 4. The number of amides is 1. The number of hydrogen-bond donors (Lipinski definition) is 2. The lowest BCUT2D eigenvalue weighted by Gasteiger charge is -2.06. The smallest absolute Gasteiger partial charge is 0.387 e. The number of aromatic amines is 1. The van der Waals surface area contributed by atoms with E-state index in [1.165, 1.54) is 24.3 Å². The summed E-state index contributed by atoms with van der Waals surface area (Å²) >= 11 is 0. The molecule has 3 rings (SSSR count). The Morgan fingerprint density at radius 2 is 1.92 bits per heavy atom. The van der Waals surface area contributed by atoms with Crippen LogP contribution in [0.15, 0.2) is 54.6 Å². The third kappa shape index (κ3) is 3.72. The van der Waals surface area contributed by atoms with E-state index < -0.39 is 12.5 Å². The summed E-state index contributed by atoms with van der Waals surface area (Å²) in [6.45, 7) is -2.95. The average molecular weight is 330 g/mol. The molecule has 0 saturated heterocycles. The zero-order valence-electron chi connectivity index (χ0n) is 12.2. The molecule has 0 radical (unpaired) electrons. The quantitative estimate of drug-likeness (QED) is 0.752. The van der Waals surface area contributed by atoms with Crippen LogP contribution in [0.1, 0.15) is 10.4 Å². The molecule has 0 atom stereocenters. The predicted octanol–water partition coefficient (Wildman–Crippen LogP) is 3.33. The topological polar surface area (TPSA) is 79.9 Å².